The van der Waals surface area contributed by atoms with Crippen molar-refractivity contribution in [1.29, 1.82) is 0 Å². The van der Waals surface area contributed by atoms with E-state index in [2.05, 4.69) is 5.32 Å². The van der Waals surface area contributed by atoms with Crippen LogP contribution in [0.25, 0.3) is 0 Å². The summed E-state index contributed by atoms with van der Waals surface area (Å²) in [5, 5.41) is 14.8. The lowest BCUT2D eigenvalue weighted by Crippen LogP contribution is -3.12. The zero-order chi connectivity index (χ0) is 19.6. The molecular weight excluding hydrogens is 392 g/mol. The Morgan fingerprint density at radius 1 is 1.15 bits per heavy atom. The lowest BCUT2D eigenvalue weighted by atomic mass is 10.2. The summed E-state index contributed by atoms with van der Waals surface area (Å²) >= 11 is 6.09. The Morgan fingerprint density at radius 2 is 1.81 bits per heavy atom. The van der Waals surface area contributed by atoms with Crippen LogP contribution in [0.4, 0.5) is 17.1 Å². The molecule has 144 valence electrons. The number of hydrogen-bond donors (Lipinski definition) is 2. The van der Waals surface area contributed by atoms with Gasteiger partial charge in [-0.1, -0.05) is 23.7 Å². The monoisotopic (exact) mass is 411 g/mol. The summed E-state index contributed by atoms with van der Waals surface area (Å²) in [5.41, 5.74) is 0.352. The van der Waals surface area contributed by atoms with Crippen molar-refractivity contribution < 1.29 is 18.2 Å². The molecule has 8 nitrogen and oxygen atoms in total. The second-order valence-corrected chi connectivity index (χ2v) is 8.75. The van der Waals surface area contributed by atoms with Crippen LogP contribution in [0.3, 0.4) is 0 Å². The number of quaternary nitrogens is 1. The average Bonchev–Trinajstić information content (AvgIpc) is 2.64. The Kier molecular flexibility index (Phi) is 5.66. The Morgan fingerprint density at radius 3 is 2.44 bits per heavy atom. The van der Waals surface area contributed by atoms with E-state index in [-0.39, 0.29) is 16.3 Å². The van der Waals surface area contributed by atoms with E-state index in [0.29, 0.717) is 36.9 Å². The number of piperazine rings is 1. The predicted molar refractivity (Wildman–Crippen MR) is 103 cm³/mol. The fraction of sp³-hybridized carbons (Fsp3) is 0.294. The normalized spacial score (nSPS) is 16.2. The van der Waals surface area contributed by atoms with Gasteiger partial charge in [-0.2, -0.15) is 4.31 Å². The number of rotatable bonds is 5. The number of nitro groups is 1. The van der Waals surface area contributed by atoms with Crippen LogP contribution < -0.4 is 10.2 Å². The number of benzene rings is 2. The maximum atomic E-state index is 12.8. The molecule has 1 heterocycles. The van der Waals surface area contributed by atoms with Crippen LogP contribution in [0.2, 0.25) is 5.02 Å². The quantitative estimate of drug-likeness (QED) is 0.574. The van der Waals surface area contributed by atoms with Gasteiger partial charge in [0.25, 0.3) is 5.69 Å². The molecule has 0 unspecified atom stereocenters. The number of likely N-dealkylation sites (N-methyl/N-ethyl adjacent to an activating group) is 1. The highest BCUT2D eigenvalue weighted by Gasteiger charge is 2.31. The van der Waals surface area contributed by atoms with Crippen LogP contribution in [0, 0.1) is 10.1 Å². The van der Waals surface area contributed by atoms with Gasteiger partial charge in [0.15, 0.2) is 0 Å². The Balaban J connectivity index is 1.94. The van der Waals surface area contributed by atoms with Gasteiger partial charge >= 0.3 is 0 Å². The highest BCUT2D eigenvalue weighted by molar-refractivity contribution is 7.89. The molecule has 0 bridgehead atoms. The SMILES string of the molecule is C[NH+]1CCN(S(=O)(=O)c2ccc(Nc3ccccc3Cl)c([N+](=O)[O-])c2)CC1. The maximum Gasteiger partial charge on any atom is 0.294 e. The molecule has 27 heavy (non-hydrogen) atoms. The Bertz CT molecular complexity index is 959. The summed E-state index contributed by atoms with van der Waals surface area (Å²) in [4.78, 5) is 12.1. The van der Waals surface area contributed by atoms with Crippen LogP contribution in [-0.4, -0.2) is 50.9 Å². The second kappa shape index (κ2) is 7.81. The number of nitro benzene ring substituents is 1. The predicted octanol–water partition coefficient (Wildman–Crippen LogP) is 1.51. The lowest BCUT2D eigenvalue weighted by molar-refractivity contribution is -0.883. The zero-order valence-corrected chi connectivity index (χ0v) is 16.3. The fourth-order valence-corrected chi connectivity index (χ4v) is 4.54. The van der Waals surface area contributed by atoms with E-state index in [4.69, 9.17) is 11.6 Å². The first-order chi connectivity index (χ1) is 12.8. The van der Waals surface area contributed by atoms with Gasteiger partial charge in [0, 0.05) is 6.07 Å². The number of para-hydroxylation sites is 1. The van der Waals surface area contributed by atoms with E-state index in [1.807, 2.05) is 7.05 Å². The molecule has 0 atom stereocenters. The molecule has 2 aromatic rings. The highest BCUT2D eigenvalue weighted by atomic mass is 35.5. The van der Waals surface area contributed by atoms with E-state index < -0.39 is 14.9 Å². The number of halogens is 1. The molecule has 0 amide bonds. The Labute approximate surface area is 162 Å². The minimum absolute atomic E-state index is 0.0848. The molecule has 0 aliphatic carbocycles. The van der Waals surface area contributed by atoms with Crippen LogP contribution in [0.15, 0.2) is 47.4 Å². The molecule has 0 aromatic heterocycles. The summed E-state index contributed by atoms with van der Waals surface area (Å²) < 4.78 is 27.1. The van der Waals surface area contributed by atoms with Gasteiger partial charge in [0.2, 0.25) is 10.0 Å². The Hall–Kier alpha value is -2.20. The first-order valence-electron chi connectivity index (χ1n) is 8.40. The molecule has 0 saturated carbocycles. The molecule has 0 radical (unpaired) electrons. The summed E-state index contributed by atoms with van der Waals surface area (Å²) in [7, 11) is -1.77. The van der Waals surface area contributed by atoms with Crippen molar-refractivity contribution in [2.45, 2.75) is 4.90 Å². The van der Waals surface area contributed by atoms with E-state index in [1.54, 1.807) is 24.3 Å². The molecule has 10 heteroatoms. The second-order valence-electron chi connectivity index (χ2n) is 6.40. The lowest BCUT2D eigenvalue weighted by Gasteiger charge is -2.29. The van der Waals surface area contributed by atoms with Crippen LogP contribution >= 0.6 is 11.6 Å². The highest BCUT2D eigenvalue weighted by Crippen LogP contribution is 2.33. The summed E-state index contributed by atoms with van der Waals surface area (Å²) in [5.74, 6) is 0. The van der Waals surface area contributed by atoms with Crippen LogP contribution in [0.1, 0.15) is 0 Å². The summed E-state index contributed by atoms with van der Waals surface area (Å²) in [6.45, 7) is 2.18. The van der Waals surface area contributed by atoms with Gasteiger partial charge in [-0.25, -0.2) is 8.42 Å². The molecule has 2 aromatic carbocycles. The van der Waals surface area contributed by atoms with Gasteiger partial charge in [-0.3, -0.25) is 10.1 Å². The molecule has 1 aliphatic rings. The van der Waals surface area contributed by atoms with Crippen LogP contribution in [-0.2, 0) is 10.0 Å². The third-order valence-corrected chi connectivity index (χ3v) is 6.75. The smallest absolute Gasteiger partial charge is 0.294 e. The number of sulfonamides is 1. The van der Waals surface area contributed by atoms with Gasteiger partial charge in [-0.05, 0) is 24.3 Å². The number of nitrogens with zero attached hydrogens (tertiary/aromatic N) is 2. The van der Waals surface area contributed by atoms with E-state index in [9.17, 15) is 18.5 Å². The molecule has 1 saturated heterocycles. The number of nitrogens with one attached hydrogen (secondary N) is 2. The first kappa shape index (κ1) is 19.6. The van der Waals surface area contributed by atoms with Crippen molar-refractivity contribution in [1.82, 2.24) is 4.31 Å². The van der Waals surface area contributed by atoms with Crippen molar-refractivity contribution in [3.8, 4) is 0 Å². The minimum atomic E-state index is -3.78. The molecule has 0 spiro atoms. The topological polar surface area (TPSA) is 97.0 Å². The van der Waals surface area contributed by atoms with Crippen molar-refractivity contribution in [3.05, 3.63) is 57.6 Å². The summed E-state index contributed by atoms with van der Waals surface area (Å²) in [6, 6.07) is 10.7. The third-order valence-electron chi connectivity index (χ3n) is 4.52. The van der Waals surface area contributed by atoms with E-state index in [1.165, 1.54) is 21.3 Å². The van der Waals surface area contributed by atoms with Crippen molar-refractivity contribution in [2.75, 3.05) is 38.5 Å². The van der Waals surface area contributed by atoms with E-state index >= 15 is 0 Å². The number of anilines is 2. The third kappa shape index (κ3) is 4.22. The van der Waals surface area contributed by atoms with Gasteiger partial charge in [0.1, 0.15) is 5.69 Å². The van der Waals surface area contributed by atoms with Crippen molar-refractivity contribution in [3.63, 3.8) is 0 Å². The average molecular weight is 412 g/mol. The van der Waals surface area contributed by atoms with Crippen molar-refractivity contribution >= 4 is 38.7 Å². The van der Waals surface area contributed by atoms with Crippen LogP contribution in [0.5, 0.6) is 0 Å². The largest absolute Gasteiger partial charge is 0.349 e. The van der Waals surface area contributed by atoms with E-state index in [0.717, 1.165) is 6.07 Å². The fourth-order valence-electron chi connectivity index (χ4n) is 2.89. The first-order valence-corrected chi connectivity index (χ1v) is 10.2. The molecule has 1 aliphatic heterocycles. The molecule has 3 rings (SSSR count). The molecular formula is C17H20ClN4O4S+. The molecule has 1 fully saturated rings. The molecule has 2 N–H and O–H groups in total. The zero-order valence-electron chi connectivity index (χ0n) is 14.7. The van der Waals surface area contributed by atoms with Crippen molar-refractivity contribution in [2.24, 2.45) is 0 Å². The summed E-state index contributed by atoms with van der Waals surface area (Å²) in [6.07, 6.45) is 0. The van der Waals surface area contributed by atoms with Gasteiger partial charge in [0.05, 0.1) is 53.8 Å². The van der Waals surface area contributed by atoms with Gasteiger partial charge < -0.3 is 10.2 Å². The standard InChI is InChI=1S/C17H19ClN4O4S/c1-20-8-10-21(11-9-20)27(25,26)13-6-7-16(17(12-13)22(23)24)19-15-5-3-2-4-14(15)18/h2-7,12,19H,8-11H2,1H3/p+1. The maximum absolute atomic E-state index is 12.8. The van der Waals surface area contributed by atoms with Gasteiger partial charge in [-0.15, -0.1) is 0 Å². The number of hydrogen-bond acceptors (Lipinski definition) is 5. The minimum Gasteiger partial charge on any atom is -0.349 e.